The average Bonchev–Trinajstić information content (AvgIpc) is 2.72. The lowest BCUT2D eigenvalue weighted by molar-refractivity contribution is 0.0517. The van der Waals surface area contributed by atoms with E-state index in [9.17, 15) is 24.6 Å². The number of aldehydes is 1. The Hall–Kier alpha value is -3.35. The van der Waals surface area contributed by atoms with Gasteiger partial charge in [-0.25, -0.2) is 4.79 Å². The van der Waals surface area contributed by atoms with E-state index in [1.54, 1.807) is 29.2 Å². The summed E-state index contributed by atoms with van der Waals surface area (Å²) >= 11 is 0. The van der Waals surface area contributed by atoms with Gasteiger partial charge in [0.1, 0.15) is 18.1 Å². The molecule has 1 heterocycles. The molecule has 7 heteroatoms. The third-order valence-electron chi connectivity index (χ3n) is 4.87. The van der Waals surface area contributed by atoms with Gasteiger partial charge >= 0.3 is 5.97 Å². The largest absolute Gasteiger partial charge is 0.507 e. The van der Waals surface area contributed by atoms with E-state index in [-0.39, 0.29) is 46.7 Å². The van der Waals surface area contributed by atoms with Crippen molar-refractivity contribution in [3.63, 3.8) is 0 Å². The SMILES string of the molecule is O=Cc1c(O)cccc1OC[C@@H]1CCCCN1C(=O)c1ccccc1C(=O)O. The molecule has 0 aromatic heterocycles. The number of carbonyl (C=O) groups excluding carboxylic acids is 2. The van der Waals surface area contributed by atoms with Gasteiger partial charge in [0.2, 0.25) is 0 Å². The van der Waals surface area contributed by atoms with Gasteiger partial charge in [0.25, 0.3) is 5.91 Å². The quantitative estimate of drug-likeness (QED) is 0.743. The number of carboxylic acid groups (broad SMARTS) is 1. The summed E-state index contributed by atoms with van der Waals surface area (Å²) in [6.07, 6.45) is 2.97. The molecular formula is C21H21NO6. The first-order valence-electron chi connectivity index (χ1n) is 9.06. The highest BCUT2D eigenvalue weighted by atomic mass is 16.5. The minimum Gasteiger partial charge on any atom is -0.507 e. The van der Waals surface area contributed by atoms with Gasteiger partial charge in [0, 0.05) is 6.54 Å². The van der Waals surface area contributed by atoms with E-state index in [0.717, 1.165) is 12.8 Å². The van der Waals surface area contributed by atoms with Gasteiger partial charge in [-0.1, -0.05) is 18.2 Å². The van der Waals surface area contributed by atoms with Crippen molar-refractivity contribution in [2.45, 2.75) is 25.3 Å². The first-order valence-corrected chi connectivity index (χ1v) is 9.06. The fourth-order valence-electron chi connectivity index (χ4n) is 3.41. The molecule has 146 valence electrons. The fourth-order valence-corrected chi connectivity index (χ4v) is 3.41. The number of nitrogens with zero attached hydrogens (tertiary/aromatic N) is 1. The molecule has 0 unspecified atom stereocenters. The maximum absolute atomic E-state index is 13.0. The fraction of sp³-hybridized carbons (Fsp3) is 0.286. The number of aromatic carboxylic acids is 1. The molecule has 1 amide bonds. The molecule has 0 bridgehead atoms. The molecule has 7 nitrogen and oxygen atoms in total. The van der Waals surface area contributed by atoms with Crippen LogP contribution in [0.25, 0.3) is 0 Å². The third kappa shape index (κ3) is 3.98. The van der Waals surface area contributed by atoms with Crippen LogP contribution < -0.4 is 4.74 Å². The molecule has 2 aromatic carbocycles. The lowest BCUT2D eigenvalue weighted by atomic mass is 9.99. The van der Waals surface area contributed by atoms with Gasteiger partial charge in [-0.2, -0.15) is 0 Å². The number of hydrogen-bond acceptors (Lipinski definition) is 5. The smallest absolute Gasteiger partial charge is 0.336 e. The van der Waals surface area contributed by atoms with Crippen molar-refractivity contribution in [2.75, 3.05) is 13.2 Å². The highest BCUT2D eigenvalue weighted by molar-refractivity contribution is 6.04. The molecule has 1 aliphatic heterocycles. The number of carbonyl (C=O) groups is 3. The highest BCUT2D eigenvalue weighted by Crippen LogP contribution is 2.27. The predicted octanol–water partition coefficient (Wildman–Crippen LogP) is 2.98. The lowest BCUT2D eigenvalue weighted by Gasteiger charge is -2.36. The molecule has 3 rings (SSSR count). The van der Waals surface area contributed by atoms with Gasteiger partial charge < -0.3 is 19.8 Å². The van der Waals surface area contributed by atoms with Gasteiger partial charge in [-0.05, 0) is 43.5 Å². The van der Waals surface area contributed by atoms with Crippen molar-refractivity contribution >= 4 is 18.2 Å². The average molecular weight is 383 g/mol. The second kappa shape index (κ2) is 8.56. The molecule has 0 saturated carbocycles. The summed E-state index contributed by atoms with van der Waals surface area (Å²) < 4.78 is 5.74. The number of likely N-dealkylation sites (tertiary alicyclic amines) is 1. The molecule has 28 heavy (non-hydrogen) atoms. The summed E-state index contributed by atoms with van der Waals surface area (Å²) in [5.74, 6) is -1.42. The van der Waals surface area contributed by atoms with Crippen LogP contribution in [0.15, 0.2) is 42.5 Å². The topological polar surface area (TPSA) is 104 Å². The number of phenols is 1. The summed E-state index contributed by atoms with van der Waals surface area (Å²) in [7, 11) is 0. The van der Waals surface area contributed by atoms with Crippen LogP contribution in [0.4, 0.5) is 0 Å². The normalized spacial score (nSPS) is 16.4. The van der Waals surface area contributed by atoms with E-state index < -0.39 is 5.97 Å². The Kier molecular flexibility index (Phi) is 5.93. The summed E-state index contributed by atoms with van der Waals surface area (Å²) in [5, 5.41) is 19.1. The molecule has 1 saturated heterocycles. The maximum Gasteiger partial charge on any atom is 0.336 e. The van der Waals surface area contributed by atoms with Crippen molar-refractivity contribution in [1.82, 2.24) is 4.90 Å². The Morgan fingerprint density at radius 1 is 1.11 bits per heavy atom. The minimum atomic E-state index is -1.15. The van der Waals surface area contributed by atoms with E-state index in [1.807, 2.05) is 0 Å². The van der Waals surface area contributed by atoms with Crippen LogP contribution in [-0.2, 0) is 0 Å². The van der Waals surface area contributed by atoms with Crippen LogP contribution in [0.3, 0.4) is 0 Å². The number of aromatic hydroxyl groups is 1. The number of phenolic OH excluding ortho intramolecular Hbond substituents is 1. The molecule has 1 atom stereocenters. The number of amides is 1. The third-order valence-corrected chi connectivity index (χ3v) is 4.87. The summed E-state index contributed by atoms with van der Waals surface area (Å²) in [5.41, 5.74) is 0.175. The molecule has 2 N–H and O–H groups in total. The van der Waals surface area contributed by atoms with Crippen LogP contribution >= 0.6 is 0 Å². The van der Waals surface area contributed by atoms with E-state index in [0.29, 0.717) is 19.3 Å². The predicted molar refractivity (Wildman–Crippen MR) is 101 cm³/mol. The van der Waals surface area contributed by atoms with Crippen LogP contribution in [0.2, 0.25) is 0 Å². The standard InChI is InChI=1S/C21H21NO6/c23-12-17-18(24)9-5-10-19(17)28-13-14-6-3-4-11-22(14)20(25)15-7-1-2-8-16(15)21(26)27/h1-2,5,7-10,12,14,24H,3-4,6,11,13H2,(H,26,27)/t14-/m0/s1. The van der Waals surface area contributed by atoms with Crippen molar-refractivity contribution < 1.29 is 29.3 Å². The van der Waals surface area contributed by atoms with Gasteiger partial charge in [-0.15, -0.1) is 0 Å². The van der Waals surface area contributed by atoms with Crippen molar-refractivity contribution in [2.24, 2.45) is 0 Å². The van der Waals surface area contributed by atoms with Crippen molar-refractivity contribution in [3.8, 4) is 11.5 Å². The zero-order chi connectivity index (χ0) is 20.1. The van der Waals surface area contributed by atoms with Gasteiger partial charge in [0.05, 0.1) is 22.7 Å². The second-order valence-electron chi connectivity index (χ2n) is 6.62. The summed E-state index contributed by atoms with van der Waals surface area (Å²) in [6, 6.07) is 10.4. The lowest BCUT2D eigenvalue weighted by Crippen LogP contribution is -2.47. The van der Waals surface area contributed by atoms with Crippen LogP contribution in [0.5, 0.6) is 11.5 Å². The van der Waals surface area contributed by atoms with Crippen LogP contribution in [0.1, 0.15) is 50.3 Å². The Morgan fingerprint density at radius 2 is 1.86 bits per heavy atom. The van der Waals surface area contributed by atoms with E-state index in [4.69, 9.17) is 4.74 Å². The first kappa shape index (κ1) is 19.4. The molecule has 0 radical (unpaired) electrons. The number of hydrogen-bond donors (Lipinski definition) is 2. The zero-order valence-corrected chi connectivity index (χ0v) is 15.2. The van der Waals surface area contributed by atoms with E-state index in [2.05, 4.69) is 0 Å². The van der Waals surface area contributed by atoms with Crippen LogP contribution in [-0.4, -0.2) is 52.5 Å². The Morgan fingerprint density at radius 3 is 2.57 bits per heavy atom. The minimum absolute atomic E-state index is 0.0334. The second-order valence-corrected chi connectivity index (χ2v) is 6.62. The van der Waals surface area contributed by atoms with Crippen LogP contribution in [0, 0.1) is 0 Å². The summed E-state index contributed by atoms with van der Waals surface area (Å²) in [4.78, 5) is 37.3. The van der Waals surface area contributed by atoms with Gasteiger partial charge in [-0.3, -0.25) is 9.59 Å². The molecule has 0 aliphatic carbocycles. The van der Waals surface area contributed by atoms with Crippen molar-refractivity contribution in [1.29, 1.82) is 0 Å². The molecular weight excluding hydrogens is 362 g/mol. The van der Waals surface area contributed by atoms with E-state index >= 15 is 0 Å². The molecule has 1 fully saturated rings. The number of piperidine rings is 1. The maximum atomic E-state index is 13.0. The van der Waals surface area contributed by atoms with Gasteiger partial charge in [0.15, 0.2) is 6.29 Å². The zero-order valence-electron chi connectivity index (χ0n) is 15.2. The Bertz CT molecular complexity index is 894. The summed E-state index contributed by atoms with van der Waals surface area (Å²) in [6.45, 7) is 0.645. The first-order chi connectivity index (χ1) is 13.5. The monoisotopic (exact) mass is 383 g/mol. The molecule has 2 aromatic rings. The molecule has 1 aliphatic rings. The number of carboxylic acids is 1. The Balaban J connectivity index is 1.80. The number of benzene rings is 2. The Labute approximate surface area is 162 Å². The number of rotatable bonds is 6. The highest BCUT2D eigenvalue weighted by Gasteiger charge is 2.30. The molecule has 0 spiro atoms. The number of ether oxygens (including phenoxy) is 1. The van der Waals surface area contributed by atoms with Crippen molar-refractivity contribution in [3.05, 3.63) is 59.2 Å². The van der Waals surface area contributed by atoms with E-state index in [1.165, 1.54) is 18.2 Å².